The standard InChI is InChI=1S/C27H33FN2O5S/c1-7-34-21-14-19-22(23(28)24(21)35-8-2)25(29)30(27(19)9-10-27)15-20(31)16-11-17(26(3,4)5)13-18(12-16)36(6,32)33/h11-14,29H,7-10,15H2,1-6H3. The largest absolute Gasteiger partial charge is 0.490 e. The van der Waals surface area contributed by atoms with Gasteiger partial charge in [0.25, 0.3) is 0 Å². The molecule has 194 valence electrons. The van der Waals surface area contributed by atoms with Gasteiger partial charge in [0.1, 0.15) is 5.84 Å². The van der Waals surface area contributed by atoms with Crippen LogP contribution in [0.4, 0.5) is 4.39 Å². The number of hydrogen-bond acceptors (Lipinski definition) is 6. The van der Waals surface area contributed by atoms with Gasteiger partial charge in [-0.15, -0.1) is 0 Å². The molecule has 2 aromatic carbocycles. The van der Waals surface area contributed by atoms with Crippen molar-refractivity contribution in [3.8, 4) is 11.5 Å². The van der Waals surface area contributed by atoms with Crippen molar-refractivity contribution in [1.82, 2.24) is 4.90 Å². The lowest BCUT2D eigenvalue weighted by Gasteiger charge is -2.27. The topological polar surface area (TPSA) is 96.8 Å². The van der Waals surface area contributed by atoms with E-state index < -0.39 is 21.2 Å². The number of nitrogens with zero attached hydrogens (tertiary/aromatic N) is 1. The van der Waals surface area contributed by atoms with Gasteiger partial charge >= 0.3 is 0 Å². The van der Waals surface area contributed by atoms with Crippen LogP contribution >= 0.6 is 0 Å². The van der Waals surface area contributed by atoms with Crippen LogP contribution in [0.5, 0.6) is 11.5 Å². The van der Waals surface area contributed by atoms with Crippen LogP contribution in [-0.2, 0) is 20.8 Å². The normalized spacial score (nSPS) is 16.3. The van der Waals surface area contributed by atoms with Crippen molar-refractivity contribution in [2.45, 2.75) is 63.3 Å². The van der Waals surface area contributed by atoms with E-state index in [1.165, 1.54) is 6.07 Å². The molecule has 1 spiro atoms. The molecule has 1 aliphatic heterocycles. The summed E-state index contributed by atoms with van der Waals surface area (Å²) in [6, 6.07) is 6.44. The van der Waals surface area contributed by atoms with Gasteiger partial charge in [0, 0.05) is 11.8 Å². The molecule has 0 saturated heterocycles. The zero-order valence-electron chi connectivity index (χ0n) is 21.6. The van der Waals surface area contributed by atoms with Gasteiger partial charge in [-0.1, -0.05) is 20.8 Å². The van der Waals surface area contributed by atoms with E-state index in [1.807, 2.05) is 20.8 Å². The summed E-state index contributed by atoms with van der Waals surface area (Å²) in [7, 11) is -3.55. The Balaban J connectivity index is 1.75. The van der Waals surface area contributed by atoms with Crippen molar-refractivity contribution in [2.75, 3.05) is 26.0 Å². The highest BCUT2D eigenvalue weighted by atomic mass is 32.2. The molecule has 2 aromatic rings. The maximum absolute atomic E-state index is 15.6. The van der Waals surface area contributed by atoms with E-state index >= 15 is 4.39 Å². The summed E-state index contributed by atoms with van der Waals surface area (Å²) in [6.45, 7) is 9.80. The fourth-order valence-electron chi connectivity index (χ4n) is 4.77. The molecular weight excluding hydrogens is 483 g/mol. The lowest BCUT2D eigenvalue weighted by atomic mass is 9.86. The third-order valence-corrected chi connectivity index (χ3v) is 7.94. The summed E-state index contributed by atoms with van der Waals surface area (Å²) < 4.78 is 51.5. The summed E-state index contributed by atoms with van der Waals surface area (Å²) >= 11 is 0. The van der Waals surface area contributed by atoms with Crippen LogP contribution < -0.4 is 9.47 Å². The number of carbonyl (C=O) groups is 1. The molecule has 0 bridgehead atoms. The molecular formula is C27H33FN2O5S. The van der Waals surface area contributed by atoms with Gasteiger partial charge in [0.2, 0.25) is 0 Å². The lowest BCUT2D eigenvalue weighted by Crippen LogP contribution is -2.38. The van der Waals surface area contributed by atoms with E-state index in [-0.39, 0.29) is 52.0 Å². The van der Waals surface area contributed by atoms with E-state index in [0.29, 0.717) is 30.8 Å². The van der Waals surface area contributed by atoms with E-state index in [2.05, 4.69) is 0 Å². The molecule has 36 heavy (non-hydrogen) atoms. The molecule has 4 rings (SSSR count). The SMILES string of the molecule is CCOc1cc2c(c(F)c1OCC)C(=N)N(CC(=O)c1cc(C(C)(C)C)cc(S(C)(=O)=O)c1)C21CC1. The number of halogens is 1. The highest BCUT2D eigenvalue weighted by molar-refractivity contribution is 7.90. The number of carbonyl (C=O) groups excluding carboxylic acids is 1. The number of ether oxygens (including phenoxy) is 2. The van der Waals surface area contributed by atoms with E-state index in [0.717, 1.165) is 11.8 Å². The first-order valence-electron chi connectivity index (χ1n) is 12.1. The lowest BCUT2D eigenvalue weighted by molar-refractivity contribution is 0.0943. The average molecular weight is 517 g/mol. The molecule has 0 aromatic heterocycles. The van der Waals surface area contributed by atoms with Gasteiger partial charge in [0.05, 0.1) is 35.8 Å². The van der Waals surface area contributed by atoms with Gasteiger partial charge in [-0.3, -0.25) is 10.2 Å². The molecule has 2 aliphatic rings. The Kier molecular flexibility index (Phi) is 6.44. The Morgan fingerprint density at radius 1 is 1.11 bits per heavy atom. The smallest absolute Gasteiger partial charge is 0.197 e. The molecule has 1 saturated carbocycles. The first kappa shape index (κ1) is 26.1. The quantitative estimate of drug-likeness (QED) is 0.505. The monoisotopic (exact) mass is 516 g/mol. The number of fused-ring (bicyclic) bond motifs is 2. The van der Waals surface area contributed by atoms with Gasteiger partial charge in [-0.2, -0.15) is 0 Å². The van der Waals surface area contributed by atoms with Gasteiger partial charge in [-0.05, 0) is 67.5 Å². The van der Waals surface area contributed by atoms with Gasteiger partial charge in [0.15, 0.2) is 32.9 Å². The Hall–Kier alpha value is -2.94. The Bertz CT molecular complexity index is 1360. The van der Waals surface area contributed by atoms with Crippen LogP contribution in [0.25, 0.3) is 0 Å². The van der Waals surface area contributed by atoms with Crippen molar-refractivity contribution in [3.63, 3.8) is 0 Å². The third-order valence-electron chi connectivity index (χ3n) is 6.85. The molecule has 7 nitrogen and oxygen atoms in total. The number of benzene rings is 2. The van der Waals surface area contributed by atoms with Gasteiger partial charge < -0.3 is 14.4 Å². The molecule has 0 radical (unpaired) electrons. The zero-order valence-corrected chi connectivity index (χ0v) is 22.4. The summed E-state index contributed by atoms with van der Waals surface area (Å²) in [6.07, 6.45) is 2.46. The van der Waals surface area contributed by atoms with Crippen LogP contribution in [0.15, 0.2) is 29.2 Å². The number of sulfone groups is 1. The number of Topliss-reactive ketones (excluding diaryl/α,β-unsaturated/α-hetero) is 1. The van der Waals surface area contributed by atoms with Crippen LogP contribution in [0.1, 0.15) is 74.5 Å². The maximum atomic E-state index is 15.6. The molecule has 1 heterocycles. The van der Waals surface area contributed by atoms with Crippen molar-refractivity contribution in [3.05, 3.63) is 52.3 Å². The Labute approximate surface area is 212 Å². The van der Waals surface area contributed by atoms with E-state index in [9.17, 15) is 13.2 Å². The van der Waals surface area contributed by atoms with Crippen LogP contribution in [0.3, 0.4) is 0 Å². The second-order valence-electron chi connectivity index (χ2n) is 10.5. The van der Waals surface area contributed by atoms with Gasteiger partial charge in [-0.25, -0.2) is 12.8 Å². The van der Waals surface area contributed by atoms with Crippen molar-refractivity contribution in [1.29, 1.82) is 5.41 Å². The highest BCUT2D eigenvalue weighted by Gasteiger charge is 2.58. The minimum Gasteiger partial charge on any atom is -0.490 e. The molecule has 1 fully saturated rings. The molecule has 0 unspecified atom stereocenters. The summed E-state index contributed by atoms with van der Waals surface area (Å²) in [5, 5.41) is 8.81. The fourth-order valence-corrected chi connectivity index (χ4v) is 5.46. The van der Waals surface area contributed by atoms with Crippen molar-refractivity contribution < 1.29 is 27.1 Å². The highest BCUT2D eigenvalue weighted by Crippen LogP contribution is 2.58. The molecule has 1 N–H and O–H groups in total. The second kappa shape index (κ2) is 8.87. The molecule has 0 atom stereocenters. The maximum Gasteiger partial charge on any atom is 0.197 e. The third kappa shape index (κ3) is 4.38. The van der Waals surface area contributed by atoms with Crippen molar-refractivity contribution in [2.24, 2.45) is 0 Å². The number of rotatable bonds is 8. The van der Waals surface area contributed by atoms with Crippen LogP contribution in [0, 0.1) is 11.2 Å². The summed E-state index contributed by atoms with van der Waals surface area (Å²) in [5.74, 6) is -0.794. The molecule has 1 aliphatic carbocycles. The fraction of sp³-hybridized carbons (Fsp3) is 0.481. The van der Waals surface area contributed by atoms with E-state index in [4.69, 9.17) is 14.9 Å². The first-order valence-corrected chi connectivity index (χ1v) is 14.0. The predicted octanol–water partition coefficient (Wildman–Crippen LogP) is 4.84. The number of nitrogens with one attached hydrogen (secondary N) is 1. The number of ketones is 1. The zero-order chi connectivity index (χ0) is 26.6. The first-order chi connectivity index (χ1) is 16.7. The number of hydrogen-bond donors (Lipinski definition) is 1. The van der Waals surface area contributed by atoms with Crippen LogP contribution in [-0.4, -0.2) is 51.0 Å². The molecule has 9 heteroatoms. The number of amidine groups is 1. The second-order valence-corrected chi connectivity index (χ2v) is 12.5. The van der Waals surface area contributed by atoms with E-state index in [1.54, 1.807) is 36.9 Å². The average Bonchev–Trinajstić information content (AvgIpc) is 3.55. The molecule has 0 amide bonds. The Morgan fingerprint density at radius 2 is 1.75 bits per heavy atom. The Morgan fingerprint density at radius 3 is 2.28 bits per heavy atom. The minimum absolute atomic E-state index is 0.0255. The van der Waals surface area contributed by atoms with Crippen LogP contribution in [0.2, 0.25) is 0 Å². The minimum atomic E-state index is -3.55. The summed E-state index contributed by atoms with van der Waals surface area (Å²) in [5.41, 5.74) is 0.716. The summed E-state index contributed by atoms with van der Waals surface area (Å²) in [4.78, 5) is 15.2. The van der Waals surface area contributed by atoms with Crippen molar-refractivity contribution >= 4 is 21.5 Å². The predicted molar refractivity (Wildman–Crippen MR) is 136 cm³/mol.